The van der Waals surface area contributed by atoms with Crippen molar-refractivity contribution >= 4 is 5.91 Å². The van der Waals surface area contributed by atoms with Gasteiger partial charge >= 0.3 is 0 Å². The van der Waals surface area contributed by atoms with Crippen molar-refractivity contribution in [3.05, 3.63) is 11.1 Å². The van der Waals surface area contributed by atoms with Gasteiger partial charge in [0.05, 0.1) is 6.10 Å². The van der Waals surface area contributed by atoms with Gasteiger partial charge in [-0.05, 0) is 25.8 Å². The summed E-state index contributed by atoms with van der Waals surface area (Å²) < 4.78 is 5.54. The molecule has 1 amide bonds. The number of amides is 1. The fraction of sp³-hybridized carbons (Fsp3) is 0.750. The summed E-state index contributed by atoms with van der Waals surface area (Å²) in [6.07, 6.45) is 1.10. The zero-order valence-corrected chi connectivity index (χ0v) is 10.1. The van der Waals surface area contributed by atoms with Crippen molar-refractivity contribution in [1.82, 2.24) is 10.2 Å². The quantitative estimate of drug-likeness (QED) is 0.661. The van der Waals surface area contributed by atoms with Crippen molar-refractivity contribution in [2.75, 3.05) is 32.8 Å². The summed E-state index contributed by atoms with van der Waals surface area (Å²) in [6.45, 7) is 8.02. The Balaban J connectivity index is 2.02. The minimum absolute atomic E-state index is 0.156. The number of hydrogen-bond acceptors (Lipinski definition) is 3. The van der Waals surface area contributed by atoms with Crippen LogP contribution >= 0.6 is 0 Å². The summed E-state index contributed by atoms with van der Waals surface area (Å²) in [5.41, 5.74) is 2.18. The van der Waals surface area contributed by atoms with Gasteiger partial charge in [0.25, 0.3) is 0 Å². The van der Waals surface area contributed by atoms with Crippen molar-refractivity contribution in [3.63, 3.8) is 0 Å². The van der Waals surface area contributed by atoms with E-state index in [1.807, 2.05) is 18.7 Å². The van der Waals surface area contributed by atoms with Gasteiger partial charge in [0, 0.05) is 38.4 Å². The summed E-state index contributed by atoms with van der Waals surface area (Å²) in [4.78, 5) is 14.1. The maximum Gasteiger partial charge on any atom is 0.249 e. The number of ether oxygens (including phenoxy) is 1. The summed E-state index contributed by atoms with van der Waals surface area (Å²) in [5.74, 6) is 0.189. The first kappa shape index (κ1) is 11.6. The van der Waals surface area contributed by atoms with E-state index in [0.29, 0.717) is 0 Å². The standard InChI is InChI=1S/C12H20N2O2/c1-9-8-14(4-3-5-16-9)12(15)10(2)11-6-13-7-11/h9,13H,3-8H2,1-2H3. The molecule has 2 rings (SSSR count). The average molecular weight is 224 g/mol. The Morgan fingerprint density at radius 1 is 1.50 bits per heavy atom. The van der Waals surface area contributed by atoms with Gasteiger partial charge < -0.3 is 15.0 Å². The predicted molar refractivity (Wildman–Crippen MR) is 62.2 cm³/mol. The highest BCUT2D eigenvalue weighted by atomic mass is 16.5. The molecular formula is C12H20N2O2. The second-order valence-electron chi connectivity index (χ2n) is 4.62. The highest BCUT2D eigenvalue weighted by Crippen LogP contribution is 2.14. The van der Waals surface area contributed by atoms with Gasteiger partial charge in [0.15, 0.2) is 0 Å². The van der Waals surface area contributed by atoms with Crippen molar-refractivity contribution in [3.8, 4) is 0 Å². The molecule has 4 nitrogen and oxygen atoms in total. The molecule has 90 valence electrons. The zero-order valence-electron chi connectivity index (χ0n) is 10.1. The lowest BCUT2D eigenvalue weighted by atomic mass is 10.0. The van der Waals surface area contributed by atoms with E-state index in [4.69, 9.17) is 4.74 Å². The summed E-state index contributed by atoms with van der Waals surface area (Å²) >= 11 is 0. The molecule has 2 aliphatic heterocycles. The first-order valence-corrected chi connectivity index (χ1v) is 5.98. The van der Waals surface area contributed by atoms with Crippen LogP contribution in [0.15, 0.2) is 11.1 Å². The molecule has 0 aliphatic carbocycles. The Morgan fingerprint density at radius 3 is 2.88 bits per heavy atom. The van der Waals surface area contributed by atoms with Gasteiger partial charge in [0.1, 0.15) is 0 Å². The van der Waals surface area contributed by atoms with Crippen molar-refractivity contribution in [1.29, 1.82) is 0 Å². The Kier molecular flexibility index (Phi) is 3.61. The van der Waals surface area contributed by atoms with Crippen LogP contribution in [-0.4, -0.2) is 49.7 Å². The molecule has 0 bridgehead atoms. The van der Waals surface area contributed by atoms with Gasteiger partial charge in [-0.15, -0.1) is 0 Å². The molecule has 2 heterocycles. The number of rotatable bonds is 1. The van der Waals surface area contributed by atoms with Gasteiger partial charge in [-0.1, -0.05) is 0 Å². The summed E-state index contributed by atoms with van der Waals surface area (Å²) in [7, 11) is 0. The third-order valence-corrected chi connectivity index (χ3v) is 3.27. The molecule has 1 unspecified atom stereocenters. The Bertz CT molecular complexity index is 306. The lowest BCUT2D eigenvalue weighted by Crippen LogP contribution is -2.41. The normalized spacial score (nSPS) is 26.0. The monoisotopic (exact) mass is 224 g/mol. The predicted octanol–water partition coefficient (Wildman–Crippen LogP) is 0.544. The van der Waals surface area contributed by atoms with Crippen LogP contribution in [0, 0.1) is 0 Å². The maximum absolute atomic E-state index is 12.2. The summed E-state index contributed by atoms with van der Waals surface area (Å²) in [6, 6.07) is 0. The second kappa shape index (κ2) is 4.97. The lowest BCUT2D eigenvalue weighted by Gasteiger charge is -2.27. The lowest BCUT2D eigenvalue weighted by molar-refractivity contribution is -0.127. The molecule has 1 N–H and O–H groups in total. The molecule has 4 heteroatoms. The van der Waals surface area contributed by atoms with Crippen molar-refractivity contribution in [2.45, 2.75) is 26.4 Å². The van der Waals surface area contributed by atoms with Crippen LogP contribution in [0.1, 0.15) is 20.3 Å². The van der Waals surface area contributed by atoms with Crippen molar-refractivity contribution in [2.24, 2.45) is 0 Å². The molecule has 1 atom stereocenters. The fourth-order valence-corrected chi connectivity index (χ4v) is 2.08. The minimum Gasteiger partial charge on any atom is -0.377 e. The van der Waals surface area contributed by atoms with Gasteiger partial charge in [-0.3, -0.25) is 4.79 Å². The largest absolute Gasteiger partial charge is 0.377 e. The molecule has 0 spiro atoms. The molecule has 2 fully saturated rings. The summed E-state index contributed by atoms with van der Waals surface area (Å²) in [5, 5.41) is 3.17. The molecule has 0 saturated carbocycles. The van der Waals surface area contributed by atoms with Crippen molar-refractivity contribution < 1.29 is 9.53 Å². The Labute approximate surface area is 96.6 Å². The number of hydrogen-bond donors (Lipinski definition) is 1. The molecule has 0 aromatic rings. The number of carbonyl (C=O) groups excluding carboxylic acids is 1. The molecule has 2 saturated heterocycles. The minimum atomic E-state index is 0.156. The van der Waals surface area contributed by atoms with Gasteiger partial charge in [-0.2, -0.15) is 0 Å². The fourth-order valence-electron chi connectivity index (χ4n) is 2.08. The first-order chi connectivity index (χ1) is 7.68. The van der Waals surface area contributed by atoms with Crippen LogP contribution in [-0.2, 0) is 9.53 Å². The van der Waals surface area contributed by atoms with E-state index < -0.39 is 0 Å². The molecule has 0 aromatic carbocycles. The van der Waals surface area contributed by atoms with E-state index in [9.17, 15) is 4.79 Å². The van der Waals surface area contributed by atoms with Crippen LogP contribution in [0.4, 0.5) is 0 Å². The van der Waals surface area contributed by atoms with E-state index in [-0.39, 0.29) is 12.0 Å². The van der Waals surface area contributed by atoms with Gasteiger partial charge in [-0.25, -0.2) is 0 Å². The average Bonchev–Trinajstić information content (AvgIpc) is 2.39. The van der Waals surface area contributed by atoms with E-state index in [2.05, 4.69) is 5.32 Å². The smallest absolute Gasteiger partial charge is 0.249 e. The topological polar surface area (TPSA) is 41.6 Å². The van der Waals surface area contributed by atoms with Crippen LogP contribution < -0.4 is 5.32 Å². The van der Waals surface area contributed by atoms with Crippen LogP contribution in [0.5, 0.6) is 0 Å². The van der Waals surface area contributed by atoms with Crippen LogP contribution in [0.25, 0.3) is 0 Å². The van der Waals surface area contributed by atoms with E-state index in [0.717, 1.165) is 44.8 Å². The number of carbonyl (C=O) groups is 1. The third kappa shape index (κ3) is 2.44. The SMILES string of the molecule is CC(C(=O)N1CCCOC(C)C1)=C1CNC1. The Morgan fingerprint density at radius 2 is 2.25 bits per heavy atom. The van der Waals surface area contributed by atoms with Crippen LogP contribution in [0.2, 0.25) is 0 Å². The van der Waals surface area contributed by atoms with E-state index >= 15 is 0 Å². The molecule has 2 aliphatic rings. The maximum atomic E-state index is 12.2. The number of nitrogens with one attached hydrogen (secondary N) is 1. The van der Waals surface area contributed by atoms with E-state index in [1.54, 1.807) is 0 Å². The van der Waals surface area contributed by atoms with Gasteiger partial charge in [0.2, 0.25) is 5.91 Å². The first-order valence-electron chi connectivity index (χ1n) is 5.98. The second-order valence-corrected chi connectivity index (χ2v) is 4.62. The highest BCUT2D eigenvalue weighted by molar-refractivity contribution is 5.94. The molecular weight excluding hydrogens is 204 g/mol. The van der Waals surface area contributed by atoms with Crippen LogP contribution in [0.3, 0.4) is 0 Å². The third-order valence-electron chi connectivity index (χ3n) is 3.27. The molecule has 16 heavy (non-hydrogen) atoms. The number of nitrogens with zero attached hydrogens (tertiary/aromatic N) is 1. The Hall–Kier alpha value is -0.870. The van der Waals surface area contributed by atoms with E-state index in [1.165, 1.54) is 5.57 Å². The molecule has 0 radical (unpaired) electrons. The zero-order chi connectivity index (χ0) is 11.5. The highest BCUT2D eigenvalue weighted by Gasteiger charge is 2.23. The molecule has 0 aromatic heterocycles.